The van der Waals surface area contributed by atoms with E-state index in [9.17, 15) is 9.90 Å². The molecule has 1 N–H and O–H groups in total. The molecular weight excluding hydrogens is 344 g/mol. The quantitative estimate of drug-likeness (QED) is 0.825. The summed E-state index contributed by atoms with van der Waals surface area (Å²) in [6.07, 6.45) is 5.17. The SMILES string of the molecule is C=CCn1nc(C(=O)O)c2c1CC[C@@H](N1CCCn3nc(C#N)cc3C1)C2. The van der Waals surface area contributed by atoms with Gasteiger partial charge in [-0.2, -0.15) is 15.5 Å². The molecule has 2 aromatic rings. The lowest BCUT2D eigenvalue weighted by atomic mass is 9.90. The van der Waals surface area contributed by atoms with Crippen molar-refractivity contribution < 1.29 is 9.90 Å². The van der Waals surface area contributed by atoms with Crippen LogP contribution in [0.3, 0.4) is 0 Å². The monoisotopic (exact) mass is 366 g/mol. The second-order valence-corrected chi connectivity index (χ2v) is 7.13. The molecule has 0 saturated carbocycles. The van der Waals surface area contributed by atoms with Crippen LogP contribution in [0.2, 0.25) is 0 Å². The zero-order valence-electron chi connectivity index (χ0n) is 15.1. The van der Waals surface area contributed by atoms with Gasteiger partial charge >= 0.3 is 5.97 Å². The van der Waals surface area contributed by atoms with E-state index in [0.717, 1.165) is 55.8 Å². The van der Waals surface area contributed by atoms with Crippen LogP contribution in [0.1, 0.15) is 46.0 Å². The van der Waals surface area contributed by atoms with Crippen molar-refractivity contribution in [3.8, 4) is 6.07 Å². The highest BCUT2D eigenvalue weighted by Crippen LogP contribution is 2.29. The van der Waals surface area contributed by atoms with Gasteiger partial charge in [0.05, 0.1) is 12.2 Å². The van der Waals surface area contributed by atoms with E-state index in [1.54, 1.807) is 10.8 Å². The highest BCUT2D eigenvalue weighted by molar-refractivity contribution is 5.87. The van der Waals surface area contributed by atoms with Crippen LogP contribution < -0.4 is 0 Å². The van der Waals surface area contributed by atoms with Crippen molar-refractivity contribution in [3.05, 3.63) is 47.1 Å². The van der Waals surface area contributed by atoms with Crippen molar-refractivity contribution in [2.75, 3.05) is 6.54 Å². The van der Waals surface area contributed by atoms with Crippen LogP contribution in [0, 0.1) is 11.3 Å². The maximum absolute atomic E-state index is 11.7. The second kappa shape index (κ2) is 7.00. The molecule has 2 aliphatic rings. The molecule has 3 heterocycles. The molecule has 0 aromatic carbocycles. The van der Waals surface area contributed by atoms with E-state index in [1.807, 2.05) is 10.7 Å². The van der Waals surface area contributed by atoms with Crippen molar-refractivity contribution in [1.82, 2.24) is 24.5 Å². The number of hydrogen-bond donors (Lipinski definition) is 1. The average molecular weight is 366 g/mol. The summed E-state index contributed by atoms with van der Waals surface area (Å²) in [7, 11) is 0. The first-order valence-corrected chi connectivity index (χ1v) is 9.24. The molecule has 0 fully saturated rings. The largest absolute Gasteiger partial charge is 0.476 e. The van der Waals surface area contributed by atoms with Crippen molar-refractivity contribution in [3.63, 3.8) is 0 Å². The summed E-state index contributed by atoms with van der Waals surface area (Å²) in [4.78, 5) is 14.1. The van der Waals surface area contributed by atoms with E-state index in [0.29, 0.717) is 18.7 Å². The number of nitrogens with zero attached hydrogens (tertiary/aromatic N) is 6. The molecule has 140 valence electrons. The lowest BCUT2D eigenvalue weighted by Crippen LogP contribution is -2.39. The Kier molecular flexibility index (Phi) is 4.54. The molecule has 27 heavy (non-hydrogen) atoms. The summed E-state index contributed by atoms with van der Waals surface area (Å²) in [5.74, 6) is -0.970. The fourth-order valence-electron chi connectivity index (χ4n) is 4.28. The Labute approximate surface area is 157 Å². The molecular formula is C19H22N6O2. The Bertz CT molecular complexity index is 935. The third-order valence-electron chi connectivity index (χ3n) is 5.50. The number of carboxylic acids is 1. The number of rotatable bonds is 4. The van der Waals surface area contributed by atoms with Gasteiger partial charge < -0.3 is 5.11 Å². The molecule has 0 amide bonds. The van der Waals surface area contributed by atoms with E-state index in [2.05, 4.69) is 27.7 Å². The highest BCUT2D eigenvalue weighted by Gasteiger charge is 2.32. The fraction of sp³-hybridized carbons (Fsp3) is 0.474. The topological polar surface area (TPSA) is 100.0 Å². The van der Waals surface area contributed by atoms with E-state index < -0.39 is 5.97 Å². The zero-order valence-corrected chi connectivity index (χ0v) is 15.1. The number of hydrogen-bond acceptors (Lipinski definition) is 5. The minimum Gasteiger partial charge on any atom is -0.476 e. The summed E-state index contributed by atoms with van der Waals surface area (Å²) in [6.45, 7) is 6.75. The van der Waals surface area contributed by atoms with Crippen molar-refractivity contribution >= 4 is 5.97 Å². The van der Waals surface area contributed by atoms with Gasteiger partial charge in [0.25, 0.3) is 0 Å². The zero-order chi connectivity index (χ0) is 19.0. The molecule has 2 aromatic heterocycles. The Morgan fingerprint density at radius 1 is 1.44 bits per heavy atom. The summed E-state index contributed by atoms with van der Waals surface area (Å²) < 4.78 is 3.70. The van der Waals surface area contributed by atoms with E-state index >= 15 is 0 Å². The summed E-state index contributed by atoms with van der Waals surface area (Å²) in [5, 5.41) is 27.3. The number of aromatic carboxylic acids is 1. The molecule has 0 saturated heterocycles. The van der Waals surface area contributed by atoms with Crippen LogP contribution in [0.25, 0.3) is 0 Å². The molecule has 8 heteroatoms. The summed E-state index contributed by atoms with van der Waals surface area (Å²) in [6, 6.07) is 4.24. The van der Waals surface area contributed by atoms with Crippen LogP contribution >= 0.6 is 0 Å². The second-order valence-electron chi connectivity index (χ2n) is 7.13. The Balaban J connectivity index is 1.60. The van der Waals surface area contributed by atoms with Gasteiger partial charge in [-0.05, 0) is 31.7 Å². The number of fused-ring (bicyclic) bond motifs is 2. The van der Waals surface area contributed by atoms with Gasteiger partial charge in [0, 0.05) is 36.9 Å². The molecule has 4 rings (SSSR count). The normalized spacial score (nSPS) is 19.6. The van der Waals surface area contributed by atoms with Crippen LogP contribution in [0.4, 0.5) is 0 Å². The maximum Gasteiger partial charge on any atom is 0.356 e. The van der Waals surface area contributed by atoms with E-state index in [-0.39, 0.29) is 11.7 Å². The van der Waals surface area contributed by atoms with Crippen LogP contribution in [0.15, 0.2) is 18.7 Å². The Morgan fingerprint density at radius 2 is 2.30 bits per heavy atom. The summed E-state index contributed by atoms with van der Waals surface area (Å²) in [5.41, 5.74) is 3.56. The van der Waals surface area contributed by atoms with Crippen LogP contribution in [-0.4, -0.2) is 48.1 Å². The average Bonchev–Trinajstić information content (AvgIpc) is 3.16. The predicted octanol–water partition coefficient (Wildman–Crippen LogP) is 1.60. The molecule has 1 aliphatic heterocycles. The van der Waals surface area contributed by atoms with E-state index in [1.165, 1.54) is 0 Å². The van der Waals surface area contributed by atoms with Gasteiger partial charge in [0.15, 0.2) is 11.4 Å². The number of allylic oxidation sites excluding steroid dienone is 1. The minimum atomic E-state index is -0.970. The lowest BCUT2D eigenvalue weighted by molar-refractivity contribution is 0.0687. The third-order valence-corrected chi connectivity index (χ3v) is 5.50. The van der Waals surface area contributed by atoms with Gasteiger partial charge in [0.2, 0.25) is 0 Å². The van der Waals surface area contributed by atoms with Crippen molar-refractivity contribution in [1.29, 1.82) is 5.26 Å². The van der Waals surface area contributed by atoms with Crippen LogP contribution in [-0.2, 0) is 32.5 Å². The molecule has 1 aliphatic carbocycles. The van der Waals surface area contributed by atoms with Crippen LogP contribution in [0.5, 0.6) is 0 Å². The first-order valence-electron chi connectivity index (χ1n) is 9.24. The number of nitriles is 1. The number of aromatic nitrogens is 4. The lowest BCUT2D eigenvalue weighted by Gasteiger charge is -2.33. The first kappa shape index (κ1) is 17.5. The van der Waals surface area contributed by atoms with Gasteiger partial charge in [-0.3, -0.25) is 14.3 Å². The number of carboxylic acid groups (broad SMARTS) is 1. The Morgan fingerprint density at radius 3 is 3.04 bits per heavy atom. The molecule has 0 unspecified atom stereocenters. The standard InChI is InChI=1S/C19H22N6O2/c1-2-6-25-17-5-4-14(10-16(17)18(22-25)19(26)27)23-7-3-8-24-15(12-23)9-13(11-20)21-24/h2,9,14H,1,3-8,10,12H2,(H,26,27)/t14-/m1/s1. The highest BCUT2D eigenvalue weighted by atomic mass is 16.4. The smallest absolute Gasteiger partial charge is 0.356 e. The molecule has 8 nitrogen and oxygen atoms in total. The predicted molar refractivity (Wildman–Crippen MR) is 97.2 cm³/mol. The first-order chi connectivity index (χ1) is 13.1. The number of carbonyl (C=O) groups is 1. The van der Waals surface area contributed by atoms with Gasteiger partial charge in [-0.1, -0.05) is 6.08 Å². The molecule has 1 atom stereocenters. The maximum atomic E-state index is 11.7. The number of aryl methyl sites for hydroxylation is 1. The third kappa shape index (κ3) is 3.15. The Hall–Kier alpha value is -2.92. The van der Waals surface area contributed by atoms with Crippen molar-refractivity contribution in [2.24, 2.45) is 0 Å². The molecule has 0 radical (unpaired) electrons. The van der Waals surface area contributed by atoms with Gasteiger partial charge in [-0.25, -0.2) is 4.79 Å². The van der Waals surface area contributed by atoms with Gasteiger partial charge in [0.1, 0.15) is 6.07 Å². The molecule has 0 spiro atoms. The fourth-order valence-corrected chi connectivity index (χ4v) is 4.28. The van der Waals surface area contributed by atoms with Crippen molar-refractivity contribution in [2.45, 2.75) is 51.4 Å². The summed E-state index contributed by atoms with van der Waals surface area (Å²) >= 11 is 0. The van der Waals surface area contributed by atoms with Gasteiger partial charge in [-0.15, -0.1) is 6.58 Å². The molecule has 0 bridgehead atoms. The van der Waals surface area contributed by atoms with E-state index in [4.69, 9.17) is 5.26 Å². The minimum absolute atomic E-state index is 0.170.